The van der Waals surface area contributed by atoms with Crippen molar-refractivity contribution in [2.24, 2.45) is 5.73 Å². The van der Waals surface area contributed by atoms with Crippen LogP contribution in [0.1, 0.15) is 20.8 Å². The van der Waals surface area contributed by atoms with Gasteiger partial charge in [0.15, 0.2) is 0 Å². The Morgan fingerprint density at radius 2 is 2.00 bits per heavy atom. The second-order valence-electron chi connectivity index (χ2n) is 3.78. The lowest BCUT2D eigenvalue weighted by Gasteiger charge is -2.36. The van der Waals surface area contributed by atoms with Gasteiger partial charge in [0.2, 0.25) is 0 Å². The van der Waals surface area contributed by atoms with Crippen molar-refractivity contribution in [2.45, 2.75) is 32.4 Å². The predicted octanol–water partition coefficient (Wildman–Crippen LogP) is 0.217. The number of nitrogens with two attached hydrogens (primary N) is 1. The predicted molar refractivity (Wildman–Crippen MR) is 52.4 cm³/mol. The zero-order chi connectivity index (χ0) is 10.6. The van der Waals surface area contributed by atoms with Crippen LogP contribution >= 0.6 is 0 Å². The molecule has 0 unspecified atom stereocenters. The van der Waals surface area contributed by atoms with Crippen molar-refractivity contribution < 1.29 is 9.53 Å². The summed E-state index contributed by atoms with van der Waals surface area (Å²) in [6.45, 7) is 5.96. The van der Waals surface area contributed by atoms with Crippen LogP contribution in [0.15, 0.2) is 0 Å². The number of nitrogens with zero attached hydrogens (tertiary/aromatic N) is 1. The second kappa shape index (κ2) is 4.58. The summed E-state index contributed by atoms with van der Waals surface area (Å²) < 4.78 is 4.85. The van der Waals surface area contributed by atoms with Gasteiger partial charge in [0.25, 0.3) is 0 Å². The van der Waals surface area contributed by atoms with Gasteiger partial charge in [0.05, 0.1) is 6.61 Å². The standard InChI is InChI=1S/C9H20N2O2/c1-6-13-8(12)7(10)9(2,3)11(4)5/h7H,6,10H2,1-5H3/t7-/m1/s1. The van der Waals surface area contributed by atoms with Gasteiger partial charge in [-0.2, -0.15) is 0 Å². The highest BCUT2D eigenvalue weighted by Gasteiger charge is 2.34. The van der Waals surface area contributed by atoms with E-state index in [2.05, 4.69) is 0 Å². The third-order valence-corrected chi connectivity index (χ3v) is 2.45. The number of ether oxygens (including phenoxy) is 1. The molecule has 0 fully saturated rings. The van der Waals surface area contributed by atoms with Crippen molar-refractivity contribution in [3.63, 3.8) is 0 Å². The van der Waals surface area contributed by atoms with Gasteiger partial charge in [0, 0.05) is 5.54 Å². The van der Waals surface area contributed by atoms with Gasteiger partial charge in [-0.25, -0.2) is 0 Å². The summed E-state index contributed by atoms with van der Waals surface area (Å²) in [4.78, 5) is 13.2. The molecule has 0 aliphatic rings. The van der Waals surface area contributed by atoms with Crippen molar-refractivity contribution in [2.75, 3.05) is 20.7 Å². The molecule has 1 atom stereocenters. The topological polar surface area (TPSA) is 55.6 Å². The summed E-state index contributed by atoms with van der Waals surface area (Å²) in [5, 5.41) is 0. The molecule has 0 saturated heterocycles. The van der Waals surface area contributed by atoms with E-state index in [0.717, 1.165) is 0 Å². The second-order valence-corrected chi connectivity index (χ2v) is 3.78. The van der Waals surface area contributed by atoms with Crippen LogP contribution in [0.3, 0.4) is 0 Å². The lowest BCUT2D eigenvalue weighted by Crippen LogP contribution is -2.57. The van der Waals surface area contributed by atoms with E-state index in [4.69, 9.17) is 10.5 Å². The summed E-state index contributed by atoms with van der Waals surface area (Å²) in [5.41, 5.74) is 5.38. The molecule has 4 nitrogen and oxygen atoms in total. The molecule has 0 heterocycles. The van der Waals surface area contributed by atoms with E-state index in [-0.39, 0.29) is 11.5 Å². The van der Waals surface area contributed by atoms with E-state index < -0.39 is 6.04 Å². The lowest BCUT2D eigenvalue weighted by atomic mass is 9.94. The van der Waals surface area contributed by atoms with Gasteiger partial charge in [-0.15, -0.1) is 0 Å². The molecule has 0 spiro atoms. The third kappa shape index (κ3) is 2.97. The molecule has 2 N–H and O–H groups in total. The number of carbonyl (C=O) groups excluding carboxylic acids is 1. The zero-order valence-corrected chi connectivity index (χ0v) is 9.13. The monoisotopic (exact) mass is 188 g/mol. The fourth-order valence-corrected chi connectivity index (χ4v) is 0.799. The first-order chi connectivity index (χ1) is 5.84. The summed E-state index contributed by atoms with van der Waals surface area (Å²) in [7, 11) is 3.78. The smallest absolute Gasteiger partial charge is 0.324 e. The first-order valence-electron chi connectivity index (χ1n) is 4.43. The Hall–Kier alpha value is -0.610. The largest absolute Gasteiger partial charge is 0.465 e. The number of likely N-dealkylation sites (N-methyl/N-ethyl adjacent to an activating group) is 1. The molecule has 0 bridgehead atoms. The minimum absolute atomic E-state index is 0.346. The molecule has 0 amide bonds. The minimum Gasteiger partial charge on any atom is -0.465 e. The molecule has 4 heteroatoms. The molecular formula is C9H20N2O2. The quantitative estimate of drug-likeness (QED) is 0.641. The van der Waals surface area contributed by atoms with Crippen LogP contribution < -0.4 is 5.73 Å². The van der Waals surface area contributed by atoms with Crippen molar-refractivity contribution in [3.05, 3.63) is 0 Å². The first-order valence-corrected chi connectivity index (χ1v) is 4.43. The Kier molecular flexibility index (Phi) is 4.36. The van der Waals surface area contributed by atoms with Crippen molar-refractivity contribution in [3.8, 4) is 0 Å². The van der Waals surface area contributed by atoms with E-state index in [1.165, 1.54) is 0 Å². The number of rotatable bonds is 4. The summed E-state index contributed by atoms with van der Waals surface area (Å²) in [6.07, 6.45) is 0. The first kappa shape index (κ1) is 12.4. The number of carbonyl (C=O) groups is 1. The van der Waals surface area contributed by atoms with Gasteiger partial charge in [0.1, 0.15) is 6.04 Å². The molecule has 0 aromatic carbocycles. The molecule has 0 rings (SSSR count). The third-order valence-electron chi connectivity index (χ3n) is 2.45. The van der Waals surface area contributed by atoms with Crippen LogP contribution in [0.25, 0.3) is 0 Å². The highest BCUT2D eigenvalue weighted by molar-refractivity contribution is 5.77. The van der Waals surface area contributed by atoms with Gasteiger partial charge < -0.3 is 15.4 Å². The Bertz CT molecular complexity index is 178. The van der Waals surface area contributed by atoms with E-state index in [1.54, 1.807) is 6.92 Å². The average Bonchev–Trinajstić information content (AvgIpc) is 2.03. The molecule has 0 aliphatic heterocycles. The van der Waals surface area contributed by atoms with Crippen molar-refractivity contribution in [1.82, 2.24) is 4.90 Å². The summed E-state index contributed by atoms with van der Waals surface area (Å²) >= 11 is 0. The molecule has 13 heavy (non-hydrogen) atoms. The van der Waals surface area contributed by atoms with E-state index in [0.29, 0.717) is 6.61 Å². The van der Waals surface area contributed by atoms with Crippen LogP contribution in [-0.4, -0.2) is 43.2 Å². The van der Waals surface area contributed by atoms with Crippen LogP contribution in [0.5, 0.6) is 0 Å². The van der Waals surface area contributed by atoms with Gasteiger partial charge in [-0.1, -0.05) is 0 Å². The highest BCUT2D eigenvalue weighted by atomic mass is 16.5. The Morgan fingerprint density at radius 1 is 1.54 bits per heavy atom. The SMILES string of the molecule is CCOC(=O)[C@@H](N)C(C)(C)N(C)C. The highest BCUT2D eigenvalue weighted by Crippen LogP contribution is 2.14. The molecular weight excluding hydrogens is 168 g/mol. The van der Waals surface area contributed by atoms with Crippen LogP contribution in [-0.2, 0) is 9.53 Å². The summed E-state index contributed by atoms with van der Waals surface area (Å²) in [6, 6.07) is -0.609. The molecule has 78 valence electrons. The van der Waals surface area contributed by atoms with Crippen LogP contribution in [0, 0.1) is 0 Å². The Morgan fingerprint density at radius 3 is 2.31 bits per heavy atom. The molecule has 0 aromatic heterocycles. The van der Waals surface area contributed by atoms with Gasteiger partial charge in [-0.05, 0) is 34.9 Å². The van der Waals surface area contributed by atoms with Crippen LogP contribution in [0.2, 0.25) is 0 Å². The van der Waals surface area contributed by atoms with Gasteiger partial charge in [-0.3, -0.25) is 4.79 Å². The van der Waals surface area contributed by atoms with Gasteiger partial charge >= 0.3 is 5.97 Å². The minimum atomic E-state index is -0.609. The fraction of sp³-hybridized carbons (Fsp3) is 0.889. The Labute approximate surface area is 80.0 Å². The van der Waals surface area contributed by atoms with E-state index >= 15 is 0 Å². The maximum atomic E-state index is 11.3. The Balaban J connectivity index is 4.39. The summed E-state index contributed by atoms with van der Waals surface area (Å²) in [5.74, 6) is -0.346. The van der Waals surface area contributed by atoms with E-state index in [1.807, 2.05) is 32.8 Å². The number of hydrogen-bond acceptors (Lipinski definition) is 4. The lowest BCUT2D eigenvalue weighted by molar-refractivity contribution is -0.147. The van der Waals surface area contributed by atoms with E-state index in [9.17, 15) is 4.79 Å². The maximum Gasteiger partial charge on any atom is 0.324 e. The van der Waals surface area contributed by atoms with Crippen LogP contribution in [0.4, 0.5) is 0 Å². The molecule has 0 saturated carbocycles. The van der Waals surface area contributed by atoms with Crippen molar-refractivity contribution >= 4 is 5.97 Å². The maximum absolute atomic E-state index is 11.3. The van der Waals surface area contributed by atoms with Crippen molar-refractivity contribution in [1.29, 1.82) is 0 Å². The molecule has 0 aliphatic carbocycles. The fourth-order valence-electron chi connectivity index (χ4n) is 0.799. The zero-order valence-electron chi connectivity index (χ0n) is 9.13. The average molecular weight is 188 g/mol. The number of hydrogen-bond donors (Lipinski definition) is 1. The molecule has 0 aromatic rings. The normalized spacial score (nSPS) is 14.4. The number of esters is 1. The molecule has 0 radical (unpaired) electrons.